The summed E-state index contributed by atoms with van der Waals surface area (Å²) in [6, 6.07) is 23.5. The van der Waals surface area contributed by atoms with E-state index in [0.29, 0.717) is 12.8 Å². The van der Waals surface area contributed by atoms with Gasteiger partial charge in [-0.25, -0.2) is 4.39 Å². The van der Waals surface area contributed by atoms with Crippen LogP contribution in [0.5, 0.6) is 5.75 Å². The van der Waals surface area contributed by atoms with Crippen LogP contribution in [0.15, 0.2) is 78.9 Å². The Morgan fingerprint density at radius 3 is 2.19 bits per heavy atom. The van der Waals surface area contributed by atoms with Gasteiger partial charge < -0.3 is 10.1 Å². The SMILES string of the molecule is COc1ccc(C(NC(=O)CCc2ccc(F)cc2)c2ccccc2)cc1. The zero-order chi connectivity index (χ0) is 19.1. The molecule has 3 nitrogen and oxygen atoms in total. The topological polar surface area (TPSA) is 38.3 Å². The van der Waals surface area contributed by atoms with E-state index in [1.165, 1.54) is 12.1 Å². The molecule has 0 bridgehead atoms. The van der Waals surface area contributed by atoms with E-state index in [0.717, 1.165) is 22.4 Å². The lowest BCUT2D eigenvalue weighted by atomic mass is 9.98. The lowest BCUT2D eigenvalue weighted by molar-refractivity contribution is -0.121. The number of aryl methyl sites for hydroxylation is 1. The molecule has 4 heteroatoms. The average molecular weight is 363 g/mol. The summed E-state index contributed by atoms with van der Waals surface area (Å²) >= 11 is 0. The van der Waals surface area contributed by atoms with Gasteiger partial charge in [0, 0.05) is 6.42 Å². The van der Waals surface area contributed by atoms with E-state index < -0.39 is 0 Å². The van der Waals surface area contributed by atoms with Crippen molar-refractivity contribution in [3.63, 3.8) is 0 Å². The number of ether oxygens (including phenoxy) is 1. The van der Waals surface area contributed by atoms with Gasteiger partial charge in [-0.2, -0.15) is 0 Å². The lowest BCUT2D eigenvalue weighted by Crippen LogP contribution is -2.29. The van der Waals surface area contributed by atoms with Crippen molar-refractivity contribution in [2.45, 2.75) is 18.9 Å². The van der Waals surface area contributed by atoms with Gasteiger partial charge in [0.1, 0.15) is 11.6 Å². The minimum absolute atomic E-state index is 0.0519. The van der Waals surface area contributed by atoms with Crippen molar-refractivity contribution in [3.8, 4) is 5.75 Å². The first-order valence-corrected chi connectivity index (χ1v) is 8.88. The van der Waals surface area contributed by atoms with Crippen LogP contribution in [-0.2, 0) is 11.2 Å². The molecule has 3 rings (SSSR count). The molecule has 0 saturated carbocycles. The zero-order valence-corrected chi connectivity index (χ0v) is 15.2. The molecule has 1 unspecified atom stereocenters. The van der Waals surface area contributed by atoms with Gasteiger partial charge in [0.2, 0.25) is 5.91 Å². The minimum atomic E-state index is -0.271. The first kappa shape index (κ1) is 18.6. The van der Waals surface area contributed by atoms with Crippen molar-refractivity contribution < 1.29 is 13.9 Å². The van der Waals surface area contributed by atoms with Crippen LogP contribution in [-0.4, -0.2) is 13.0 Å². The predicted octanol–water partition coefficient (Wildman–Crippen LogP) is 4.67. The van der Waals surface area contributed by atoms with Crippen molar-refractivity contribution in [3.05, 3.63) is 101 Å². The van der Waals surface area contributed by atoms with Crippen LogP contribution in [0.4, 0.5) is 4.39 Å². The van der Waals surface area contributed by atoms with Crippen molar-refractivity contribution in [1.29, 1.82) is 0 Å². The molecule has 0 aliphatic heterocycles. The van der Waals surface area contributed by atoms with Crippen LogP contribution in [0.1, 0.15) is 29.2 Å². The van der Waals surface area contributed by atoms with Crippen LogP contribution >= 0.6 is 0 Å². The number of carbonyl (C=O) groups is 1. The zero-order valence-electron chi connectivity index (χ0n) is 15.2. The van der Waals surface area contributed by atoms with Gasteiger partial charge in [-0.3, -0.25) is 4.79 Å². The highest BCUT2D eigenvalue weighted by Gasteiger charge is 2.17. The van der Waals surface area contributed by atoms with Crippen LogP contribution < -0.4 is 10.1 Å². The highest BCUT2D eigenvalue weighted by atomic mass is 19.1. The minimum Gasteiger partial charge on any atom is -0.497 e. The largest absolute Gasteiger partial charge is 0.497 e. The number of hydrogen-bond acceptors (Lipinski definition) is 2. The summed E-state index contributed by atoms with van der Waals surface area (Å²) in [6.07, 6.45) is 0.904. The molecular formula is C23H22FNO2. The molecule has 0 saturated heterocycles. The molecule has 1 atom stereocenters. The Morgan fingerprint density at radius 2 is 1.56 bits per heavy atom. The van der Waals surface area contributed by atoms with Gasteiger partial charge in [-0.05, 0) is 47.4 Å². The molecular weight excluding hydrogens is 341 g/mol. The predicted molar refractivity (Wildman–Crippen MR) is 104 cm³/mol. The summed E-state index contributed by atoms with van der Waals surface area (Å²) in [5.41, 5.74) is 2.93. The Bertz CT molecular complexity index is 861. The third kappa shape index (κ3) is 5.17. The number of rotatable bonds is 7. The van der Waals surface area contributed by atoms with E-state index in [4.69, 9.17) is 4.74 Å². The maximum absolute atomic E-state index is 13.0. The number of methoxy groups -OCH3 is 1. The van der Waals surface area contributed by atoms with E-state index in [-0.39, 0.29) is 17.8 Å². The molecule has 0 radical (unpaired) electrons. The first-order valence-electron chi connectivity index (χ1n) is 8.88. The van der Waals surface area contributed by atoms with Crippen molar-refractivity contribution in [1.82, 2.24) is 5.32 Å². The van der Waals surface area contributed by atoms with Gasteiger partial charge in [0.25, 0.3) is 0 Å². The Morgan fingerprint density at radius 1 is 0.926 bits per heavy atom. The maximum Gasteiger partial charge on any atom is 0.221 e. The van der Waals surface area contributed by atoms with E-state index in [2.05, 4.69) is 5.32 Å². The number of benzene rings is 3. The highest BCUT2D eigenvalue weighted by Crippen LogP contribution is 2.24. The molecule has 0 heterocycles. The van der Waals surface area contributed by atoms with Crippen molar-refractivity contribution in [2.75, 3.05) is 7.11 Å². The molecule has 1 amide bonds. The highest BCUT2D eigenvalue weighted by molar-refractivity contribution is 5.77. The molecule has 1 N–H and O–H groups in total. The third-order valence-corrected chi connectivity index (χ3v) is 4.44. The van der Waals surface area contributed by atoms with E-state index in [9.17, 15) is 9.18 Å². The third-order valence-electron chi connectivity index (χ3n) is 4.44. The van der Waals surface area contributed by atoms with Crippen LogP contribution in [0.25, 0.3) is 0 Å². The summed E-state index contributed by atoms with van der Waals surface area (Å²) in [5, 5.41) is 3.11. The molecule has 0 aliphatic carbocycles. The molecule has 3 aromatic carbocycles. The maximum atomic E-state index is 13.0. The number of carbonyl (C=O) groups excluding carboxylic acids is 1. The summed E-state index contributed by atoms with van der Waals surface area (Å²) in [4.78, 5) is 12.6. The van der Waals surface area contributed by atoms with E-state index >= 15 is 0 Å². The molecule has 0 aromatic heterocycles. The molecule has 138 valence electrons. The van der Waals surface area contributed by atoms with E-state index in [1.807, 2.05) is 54.6 Å². The van der Waals surface area contributed by atoms with Gasteiger partial charge in [-0.1, -0.05) is 54.6 Å². The van der Waals surface area contributed by atoms with Crippen molar-refractivity contribution in [2.24, 2.45) is 0 Å². The molecule has 0 spiro atoms. The Kier molecular flexibility index (Phi) is 6.21. The fourth-order valence-electron chi connectivity index (χ4n) is 2.94. The van der Waals surface area contributed by atoms with Crippen molar-refractivity contribution >= 4 is 5.91 Å². The number of hydrogen-bond donors (Lipinski definition) is 1. The Hall–Kier alpha value is -3.14. The first-order chi connectivity index (χ1) is 13.2. The Balaban J connectivity index is 1.72. The monoisotopic (exact) mass is 363 g/mol. The smallest absolute Gasteiger partial charge is 0.221 e. The number of nitrogens with one attached hydrogen (secondary N) is 1. The summed E-state index contributed by atoms with van der Waals surface area (Å²) < 4.78 is 18.2. The van der Waals surface area contributed by atoms with Crippen LogP contribution in [0.2, 0.25) is 0 Å². The quantitative estimate of drug-likeness (QED) is 0.662. The second-order valence-corrected chi connectivity index (χ2v) is 6.31. The number of halogens is 1. The van der Waals surface area contributed by atoms with Crippen LogP contribution in [0, 0.1) is 5.82 Å². The standard InChI is InChI=1S/C23H22FNO2/c1-27-21-14-10-19(11-15-21)23(18-5-3-2-4-6-18)25-22(26)16-9-17-7-12-20(24)13-8-17/h2-8,10-15,23H,9,16H2,1H3,(H,25,26). The van der Waals surface area contributed by atoms with Gasteiger partial charge in [-0.15, -0.1) is 0 Å². The van der Waals surface area contributed by atoms with Gasteiger partial charge >= 0.3 is 0 Å². The molecule has 0 aliphatic rings. The summed E-state index contributed by atoms with van der Waals surface area (Å²) in [6.45, 7) is 0. The van der Waals surface area contributed by atoms with Gasteiger partial charge in [0.05, 0.1) is 13.2 Å². The fraction of sp³-hybridized carbons (Fsp3) is 0.174. The summed E-state index contributed by atoms with van der Waals surface area (Å²) in [7, 11) is 1.63. The van der Waals surface area contributed by atoms with Crippen LogP contribution in [0.3, 0.4) is 0 Å². The lowest BCUT2D eigenvalue weighted by Gasteiger charge is -2.20. The van der Waals surface area contributed by atoms with Gasteiger partial charge in [0.15, 0.2) is 0 Å². The molecule has 27 heavy (non-hydrogen) atoms. The normalized spacial score (nSPS) is 11.6. The Labute approximate surface area is 158 Å². The van der Waals surface area contributed by atoms with E-state index in [1.54, 1.807) is 19.2 Å². The number of amides is 1. The fourth-order valence-corrected chi connectivity index (χ4v) is 2.94. The summed E-state index contributed by atoms with van der Waals surface area (Å²) in [5.74, 6) is 0.448. The molecule has 3 aromatic rings. The second-order valence-electron chi connectivity index (χ2n) is 6.31. The average Bonchev–Trinajstić information content (AvgIpc) is 2.72. The molecule has 0 fully saturated rings. The second kappa shape index (κ2) is 8.99.